The first-order chi connectivity index (χ1) is 6.28. The smallest absolute Gasteiger partial charge is 0.119 e. The fourth-order valence-corrected chi connectivity index (χ4v) is 2.04. The van der Waals surface area contributed by atoms with E-state index in [4.69, 9.17) is 0 Å². The molecule has 2 heteroatoms. The summed E-state index contributed by atoms with van der Waals surface area (Å²) in [4.78, 5) is 0. The Balaban J connectivity index is 2.38. The molecular weight excluding hydrogens is 164 g/mol. The minimum atomic E-state index is -0.147. The van der Waals surface area contributed by atoms with Crippen LogP contribution in [-0.2, 0) is 5.41 Å². The Labute approximate surface area is 77.8 Å². The molecule has 0 bridgehead atoms. The Kier molecular flexibility index (Phi) is 2.00. The topological polar surface area (TPSA) is 40.5 Å². The normalized spacial score (nSPS) is 19.5. The number of benzene rings is 1. The molecule has 0 aromatic heterocycles. The van der Waals surface area contributed by atoms with E-state index in [1.54, 1.807) is 6.07 Å². The molecule has 1 aromatic carbocycles. The standard InChI is InChI=1S/C11H14O2/c12-8-11(6-3-7-11)9-4-1-2-5-10(9)13/h1-2,4-5,12-13H,3,6-8H2. The molecule has 2 N–H and O–H groups in total. The second-order valence-electron chi connectivity index (χ2n) is 3.81. The Morgan fingerprint density at radius 2 is 1.92 bits per heavy atom. The predicted octanol–water partition coefficient (Wildman–Crippen LogP) is 1.81. The van der Waals surface area contributed by atoms with E-state index in [1.165, 1.54) is 0 Å². The lowest BCUT2D eigenvalue weighted by atomic mass is 9.65. The van der Waals surface area contributed by atoms with E-state index in [1.807, 2.05) is 18.2 Å². The number of aliphatic hydroxyl groups excluding tert-OH is 1. The Morgan fingerprint density at radius 3 is 2.38 bits per heavy atom. The van der Waals surface area contributed by atoms with Gasteiger partial charge in [0, 0.05) is 11.0 Å². The van der Waals surface area contributed by atoms with Gasteiger partial charge in [0.1, 0.15) is 5.75 Å². The van der Waals surface area contributed by atoms with Crippen LogP contribution < -0.4 is 0 Å². The van der Waals surface area contributed by atoms with Crippen molar-refractivity contribution in [2.45, 2.75) is 24.7 Å². The van der Waals surface area contributed by atoms with Crippen LogP contribution in [0.25, 0.3) is 0 Å². The zero-order valence-electron chi connectivity index (χ0n) is 7.53. The van der Waals surface area contributed by atoms with Gasteiger partial charge in [0.2, 0.25) is 0 Å². The molecule has 2 nitrogen and oxygen atoms in total. The van der Waals surface area contributed by atoms with E-state index in [-0.39, 0.29) is 12.0 Å². The van der Waals surface area contributed by atoms with Crippen molar-refractivity contribution in [3.05, 3.63) is 29.8 Å². The molecule has 0 atom stereocenters. The number of hydrogen-bond donors (Lipinski definition) is 2. The summed E-state index contributed by atoms with van der Waals surface area (Å²) in [5.41, 5.74) is 0.759. The molecule has 1 aliphatic rings. The SMILES string of the molecule is OCC1(c2ccccc2O)CCC1. The largest absolute Gasteiger partial charge is 0.508 e. The second kappa shape index (κ2) is 3.04. The van der Waals surface area contributed by atoms with E-state index in [2.05, 4.69) is 0 Å². The molecule has 0 radical (unpaired) electrons. The molecule has 0 amide bonds. The second-order valence-corrected chi connectivity index (χ2v) is 3.81. The van der Waals surface area contributed by atoms with Crippen LogP contribution in [-0.4, -0.2) is 16.8 Å². The van der Waals surface area contributed by atoms with Crippen LogP contribution in [0.1, 0.15) is 24.8 Å². The van der Waals surface area contributed by atoms with Crippen molar-refractivity contribution in [1.82, 2.24) is 0 Å². The molecule has 0 spiro atoms. The van der Waals surface area contributed by atoms with Crippen molar-refractivity contribution >= 4 is 0 Å². The summed E-state index contributed by atoms with van der Waals surface area (Å²) in [5, 5.41) is 18.9. The van der Waals surface area contributed by atoms with Gasteiger partial charge in [-0.25, -0.2) is 0 Å². The third kappa shape index (κ3) is 1.22. The lowest BCUT2D eigenvalue weighted by Crippen LogP contribution is -2.37. The van der Waals surface area contributed by atoms with Crippen LogP contribution >= 0.6 is 0 Å². The van der Waals surface area contributed by atoms with Crippen LogP contribution in [0.15, 0.2) is 24.3 Å². The molecule has 13 heavy (non-hydrogen) atoms. The highest BCUT2D eigenvalue weighted by atomic mass is 16.3. The molecule has 0 aliphatic heterocycles. The van der Waals surface area contributed by atoms with Crippen LogP contribution in [0.4, 0.5) is 0 Å². The summed E-state index contributed by atoms with van der Waals surface area (Å²) in [7, 11) is 0. The zero-order chi connectivity index (χ0) is 9.31. The maximum Gasteiger partial charge on any atom is 0.119 e. The fourth-order valence-electron chi connectivity index (χ4n) is 2.04. The number of aliphatic hydroxyl groups is 1. The highest BCUT2D eigenvalue weighted by Gasteiger charge is 2.39. The van der Waals surface area contributed by atoms with Gasteiger partial charge in [-0.2, -0.15) is 0 Å². The number of aromatic hydroxyl groups is 1. The molecule has 1 saturated carbocycles. The Hall–Kier alpha value is -1.02. The van der Waals surface area contributed by atoms with Crippen LogP contribution in [0.3, 0.4) is 0 Å². The van der Waals surface area contributed by atoms with Crippen molar-refractivity contribution < 1.29 is 10.2 Å². The molecule has 1 aliphatic carbocycles. The lowest BCUT2D eigenvalue weighted by molar-refractivity contribution is 0.117. The lowest BCUT2D eigenvalue weighted by Gasteiger charge is -2.41. The van der Waals surface area contributed by atoms with Gasteiger partial charge in [0.05, 0.1) is 6.61 Å². The molecular formula is C11H14O2. The zero-order valence-corrected chi connectivity index (χ0v) is 7.53. The molecule has 70 valence electrons. The van der Waals surface area contributed by atoms with Crippen molar-refractivity contribution in [3.63, 3.8) is 0 Å². The summed E-state index contributed by atoms with van der Waals surface area (Å²) >= 11 is 0. The van der Waals surface area contributed by atoms with Gasteiger partial charge < -0.3 is 10.2 Å². The molecule has 0 unspecified atom stereocenters. The van der Waals surface area contributed by atoms with Gasteiger partial charge in [-0.05, 0) is 18.9 Å². The van der Waals surface area contributed by atoms with Gasteiger partial charge in [-0.3, -0.25) is 0 Å². The highest BCUT2D eigenvalue weighted by Crippen LogP contribution is 2.46. The van der Waals surface area contributed by atoms with Gasteiger partial charge in [-0.1, -0.05) is 24.6 Å². The fraction of sp³-hybridized carbons (Fsp3) is 0.455. The average Bonchev–Trinajstić information content (AvgIpc) is 2.07. The Bertz CT molecular complexity index is 297. The van der Waals surface area contributed by atoms with Gasteiger partial charge in [0.15, 0.2) is 0 Å². The predicted molar refractivity (Wildman–Crippen MR) is 50.7 cm³/mol. The first-order valence-corrected chi connectivity index (χ1v) is 4.68. The van der Waals surface area contributed by atoms with Gasteiger partial charge >= 0.3 is 0 Å². The van der Waals surface area contributed by atoms with Crippen LogP contribution in [0.2, 0.25) is 0 Å². The third-order valence-corrected chi connectivity index (χ3v) is 3.09. The summed E-state index contributed by atoms with van der Waals surface area (Å²) in [5.74, 6) is 0.316. The molecule has 0 heterocycles. The summed E-state index contributed by atoms with van der Waals surface area (Å²) in [6, 6.07) is 7.31. The number of hydrogen-bond acceptors (Lipinski definition) is 2. The summed E-state index contributed by atoms with van der Waals surface area (Å²) < 4.78 is 0. The number of para-hydroxylation sites is 1. The summed E-state index contributed by atoms with van der Waals surface area (Å²) in [6.45, 7) is 0.143. The first kappa shape index (κ1) is 8.57. The third-order valence-electron chi connectivity index (χ3n) is 3.09. The van der Waals surface area contributed by atoms with Crippen molar-refractivity contribution in [2.75, 3.05) is 6.61 Å². The number of phenolic OH excluding ortho intramolecular Hbond substituents is 1. The molecule has 1 fully saturated rings. The van der Waals surface area contributed by atoms with Crippen molar-refractivity contribution in [3.8, 4) is 5.75 Å². The molecule has 1 aromatic rings. The quantitative estimate of drug-likeness (QED) is 0.725. The van der Waals surface area contributed by atoms with Crippen molar-refractivity contribution in [2.24, 2.45) is 0 Å². The Morgan fingerprint density at radius 1 is 1.23 bits per heavy atom. The van der Waals surface area contributed by atoms with Crippen LogP contribution in [0.5, 0.6) is 5.75 Å². The van der Waals surface area contributed by atoms with Gasteiger partial charge in [0.25, 0.3) is 0 Å². The molecule has 0 saturated heterocycles. The number of rotatable bonds is 2. The van der Waals surface area contributed by atoms with E-state index < -0.39 is 0 Å². The highest BCUT2D eigenvalue weighted by molar-refractivity contribution is 5.40. The van der Waals surface area contributed by atoms with Crippen molar-refractivity contribution in [1.29, 1.82) is 0 Å². The minimum Gasteiger partial charge on any atom is -0.508 e. The number of phenols is 1. The summed E-state index contributed by atoms with van der Waals surface area (Å²) in [6.07, 6.45) is 3.12. The van der Waals surface area contributed by atoms with Crippen LogP contribution in [0, 0.1) is 0 Å². The minimum absolute atomic E-state index is 0.143. The maximum absolute atomic E-state index is 9.63. The van der Waals surface area contributed by atoms with E-state index in [0.717, 1.165) is 24.8 Å². The monoisotopic (exact) mass is 178 g/mol. The van der Waals surface area contributed by atoms with E-state index in [0.29, 0.717) is 5.75 Å². The first-order valence-electron chi connectivity index (χ1n) is 4.68. The van der Waals surface area contributed by atoms with Gasteiger partial charge in [-0.15, -0.1) is 0 Å². The molecule has 2 rings (SSSR count). The van der Waals surface area contributed by atoms with E-state index >= 15 is 0 Å². The average molecular weight is 178 g/mol. The van der Waals surface area contributed by atoms with E-state index in [9.17, 15) is 10.2 Å². The maximum atomic E-state index is 9.63.